The largest absolute Gasteiger partial charge is 0.449 e. The fraction of sp³-hybridized carbons (Fsp3) is 0.167. The molecular formula is C18H18N2O4. The molecule has 1 N–H and O–H groups in total. The topological polar surface area (TPSA) is 77.0 Å². The smallest absolute Gasteiger partial charge is 0.427 e. The number of hydrazone groups is 1. The highest BCUT2D eigenvalue weighted by Crippen LogP contribution is 2.14. The summed E-state index contributed by atoms with van der Waals surface area (Å²) in [5, 5.41) is 3.75. The van der Waals surface area contributed by atoms with Gasteiger partial charge in [0.1, 0.15) is 5.75 Å². The van der Waals surface area contributed by atoms with Crippen molar-refractivity contribution in [2.45, 2.75) is 13.8 Å². The predicted octanol–water partition coefficient (Wildman–Crippen LogP) is 3.29. The van der Waals surface area contributed by atoms with E-state index in [0.717, 1.165) is 11.1 Å². The number of hydrogen-bond acceptors (Lipinski definition) is 5. The van der Waals surface area contributed by atoms with Crippen molar-refractivity contribution >= 4 is 18.3 Å². The van der Waals surface area contributed by atoms with Crippen molar-refractivity contribution in [1.29, 1.82) is 0 Å². The van der Waals surface area contributed by atoms with Crippen molar-refractivity contribution in [2.75, 3.05) is 6.61 Å². The maximum Gasteiger partial charge on any atom is 0.427 e. The first kappa shape index (κ1) is 17.2. The van der Waals surface area contributed by atoms with E-state index in [4.69, 9.17) is 4.74 Å². The van der Waals surface area contributed by atoms with Gasteiger partial charge in [0.05, 0.1) is 18.4 Å². The van der Waals surface area contributed by atoms with Crippen LogP contribution >= 0.6 is 0 Å². The molecule has 0 heterocycles. The Morgan fingerprint density at radius 3 is 2.38 bits per heavy atom. The first-order valence-electron chi connectivity index (χ1n) is 7.43. The Balaban J connectivity index is 1.92. The molecule has 2 aromatic carbocycles. The van der Waals surface area contributed by atoms with Gasteiger partial charge in [-0.15, -0.1) is 0 Å². The lowest BCUT2D eigenvalue weighted by Crippen LogP contribution is -2.18. The quantitative estimate of drug-likeness (QED) is 0.396. The Labute approximate surface area is 140 Å². The van der Waals surface area contributed by atoms with Gasteiger partial charge in [-0.3, -0.25) is 0 Å². The fourth-order valence-corrected chi connectivity index (χ4v) is 1.80. The number of hydrogen-bond donors (Lipinski definition) is 1. The third kappa shape index (κ3) is 5.24. The second-order valence-corrected chi connectivity index (χ2v) is 4.92. The molecule has 0 radical (unpaired) electrons. The van der Waals surface area contributed by atoms with Crippen molar-refractivity contribution in [2.24, 2.45) is 5.10 Å². The fourth-order valence-electron chi connectivity index (χ4n) is 1.80. The Morgan fingerprint density at radius 1 is 1.08 bits per heavy atom. The van der Waals surface area contributed by atoms with E-state index in [1.165, 1.54) is 6.21 Å². The lowest BCUT2D eigenvalue weighted by Gasteiger charge is -2.05. The van der Waals surface area contributed by atoms with Crippen LogP contribution in [0.4, 0.5) is 4.79 Å². The molecule has 0 bridgehead atoms. The maximum atomic E-state index is 12.0. The zero-order valence-electron chi connectivity index (χ0n) is 13.5. The number of rotatable bonds is 5. The molecule has 0 fully saturated rings. The van der Waals surface area contributed by atoms with Gasteiger partial charge in [0.2, 0.25) is 0 Å². The Kier molecular flexibility index (Phi) is 6.08. The van der Waals surface area contributed by atoms with Gasteiger partial charge < -0.3 is 9.47 Å². The van der Waals surface area contributed by atoms with E-state index in [1.807, 2.05) is 19.1 Å². The van der Waals surface area contributed by atoms with Gasteiger partial charge in [-0.1, -0.05) is 17.7 Å². The molecule has 6 heteroatoms. The number of nitrogens with zero attached hydrogens (tertiary/aromatic N) is 1. The second kappa shape index (κ2) is 8.47. The summed E-state index contributed by atoms with van der Waals surface area (Å²) in [7, 11) is 0. The number of aryl methyl sites for hydroxylation is 1. The molecule has 0 aliphatic heterocycles. The summed E-state index contributed by atoms with van der Waals surface area (Å²) in [5.74, 6) is 0.0106. The SMILES string of the molecule is CCOC(=O)N/N=C/c1ccc(OC(=O)c2ccc(C)cc2)cc1. The first-order valence-corrected chi connectivity index (χ1v) is 7.43. The van der Waals surface area contributed by atoms with Crippen molar-refractivity contribution in [3.05, 3.63) is 65.2 Å². The number of amides is 1. The minimum absolute atomic E-state index is 0.280. The van der Waals surface area contributed by atoms with Gasteiger partial charge in [-0.05, 0) is 55.8 Å². The van der Waals surface area contributed by atoms with E-state index in [2.05, 4.69) is 15.3 Å². The van der Waals surface area contributed by atoms with Gasteiger partial charge in [0.15, 0.2) is 0 Å². The standard InChI is InChI=1S/C18H18N2O4/c1-3-23-18(22)20-19-12-14-6-10-16(11-7-14)24-17(21)15-8-4-13(2)5-9-15/h4-12H,3H2,1-2H3,(H,20,22)/b19-12+. The highest BCUT2D eigenvalue weighted by Gasteiger charge is 2.07. The van der Waals surface area contributed by atoms with Crippen LogP contribution in [0, 0.1) is 6.92 Å². The summed E-state index contributed by atoms with van der Waals surface area (Å²) in [6.07, 6.45) is 0.847. The summed E-state index contributed by atoms with van der Waals surface area (Å²) < 4.78 is 9.97. The molecule has 1 amide bonds. The van der Waals surface area contributed by atoms with Gasteiger partial charge >= 0.3 is 12.1 Å². The number of benzene rings is 2. The number of carbonyl (C=O) groups excluding carboxylic acids is 2. The van der Waals surface area contributed by atoms with Gasteiger partial charge in [-0.2, -0.15) is 5.10 Å². The molecule has 6 nitrogen and oxygen atoms in total. The minimum Gasteiger partial charge on any atom is -0.449 e. The van der Waals surface area contributed by atoms with E-state index >= 15 is 0 Å². The lowest BCUT2D eigenvalue weighted by atomic mass is 10.1. The van der Waals surface area contributed by atoms with E-state index in [9.17, 15) is 9.59 Å². The van der Waals surface area contributed by atoms with Crippen molar-refractivity contribution in [3.8, 4) is 5.75 Å². The zero-order chi connectivity index (χ0) is 17.4. The molecule has 0 aliphatic carbocycles. The van der Waals surface area contributed by atoms with E-state index in [1.54, 1.807) is 43.3 Å². The molecule has 0 spiro atoms. The molecule has 2 rings (SSSR count). The van der Waals surface area contributed by atoms with E-state index in [-0.39, 0.29) is 6.61 Å². The summed E-state index contributed by atoms with van der Waals surface area (Å²) in [4.78, 5) is 23.1. The highest BCUT2D eigenvalue weighted by molar-refractivity contribution is 5.91. The van der Waals surface area contributed by atoms with Crippen LogP contribution in [0.15, 0.2) is 53.6 Å². The number of carbonyl (C=O) groups is 2. The van der Waals surface area contributed by atoms with Crippen LogP contribution in [0.25, 0.3) is 0 Å². The van der Waals surface area contributed by atoms with Gasteiger partial charge in [-0.25, -0.2) is 15.0 Å². The zero-order valence-corrected chi connectivity index (χ0v) is 13.5. The van der Waals surface area contributed by atoms with Gasteiger partial charge in [0.25, 0.3) is 0 Å². The molecule has 0 saturated heterocycles. The normalized spacial score (nSPS) is 10.4. The molecular weight excluding hydrogens is 308 g/mol. The molecule has 0 saturated carbocycles. The van der Waals surface area contributed by atoms with Crippen LogP contribution in [0.3, 0.4) is 0 Å². The monoisotopic (exact) mass is 326 g/mol. The molecule has 2 aromatic rings. The third-order valence-electron chi connectivity index (χ3n) is 3.02. The van der Waals surface area contributed by atoms with Crippen LogP contribution in [0.2, 0.25) is 0 Å². The van der Waals surface area contributed by atoms with Crippen molar-refractivity contribution in [3.63, 3.8) is 0 Å². The van der Waals surface area contributed by atoms with Crippen LogP contribution in [-0.2, 0) is 4.74 Å². The summed E-state index contributed by atoms with van der Waals surface area (Å²) >= 11 is 0. The van der Waals surface area contributed by atoms with E-state index < -0.39 is 12.1 Å². The Hall–Kier alpha value is -3.15. The molecule has 0 unspecified atom stereocenters. The van der Waals surface area contributed by atoms with Crippen LogP contribution in [0.5, 0.6) is 5.75 Å². The van der Waals surface area contributed by atoms with E-state index in [0.29, 0.717) is 11.3 Å². The first-order chi connectivity index (χ1) is 11.6. The van der Waals surface area contributed by atoms with Gasteiger partial charge in [0, 0.05) is 0 Å². The maximum absolute atomic E-state index is 12.0. The number of esters is 1. The number of ether oxygens (including phenoxy) is 2. The molecule has 0 atom stereocenters. The summed E-state index contributed by atoms with van der Waals surface area (Å²) in [6, 6.07) is 13.9. The Morgan fingerprint density at radius 2 is 1.75 bits per heavy atom. The highest BCUT2D eigenvalue weighted by atomic mass is 16.6. The van der Waals surface area contributed by atoms with Crippen LogP contribution < -0.4 is 10.2 Å². The average Bonchev–Trinajstić information content (AvgIpc) is 2.57. The minimum atomic E-state index is -0.614. The number of nitrogens with one attached hydrogen (secondary N) is 1. The summed E-state index contributed by atoms with van der Waals surface area (Å²) in [6.45, 7) is 3.94. The molecule has 0 aromatic heterocycles. The van der Waals surface area contributed by atoms with Crippen LogP contribution in [0.1, 0.15) is 28.4 Å². The second-order valence-electron chi connectivity index (χ2n) is 4.92. The van der Waals surface area contributed by atoms with Crippen LogP contribution in [-0.4, -0.2) is 24.9 Å². The van der Waals surface area contributed by atoms with Crippen molar-refractivity contribution in [1.82, 2.24) is 5.43 Å². The Bertz CT molecular complexity index is 722. The third-order valence-corrected chi connectivity index (χ3v) is 3.02. The van der Waals surface area contributed by atoms with Crippen molar-refractivity contribution < 1.29 is 19.1 Å². The predicted molar refractivity (Wildman–Crippen MR) is 90.3 cm³/mol. The average molecular weight is 326 g/mol. The lowest BCUT2D eigenvalue weighted by molar-refractivity contribution is 0.0734. The molecule has 24 heavy (non-hydrogen) atoms. The molecule has 0 aliphatic rings. The molecule has 124 valence electrons. The summed E-state index contributed by atoms with van der Waals surface area (Å²) in [5.41, 5.74) is 4.53.